The summed E-state index contributed by atoms with van der Waals surface area (Å²) in [4.78, 5) is 18.8. The molecule has 0 spiro atoms. The summed E-state index contributed by atoms with van der Waals surface area (Å²) in [5, 5.41) is 19.1. The highest BCUT2D eigenvalue weighted by atomic mass is 16.4. The first-order valence-corrected chi connectivity index (χ1v) is 11.1. The van der Waals surface area contributed by atoms with Crippen molar-refractivity contribution in [2.75, 3.05) is 18.0 Å². The minimum Gasteiger partial charge on any atom is -0.481 e. The van der Waals surface area contributed by atoms with Gasteiger partial charge in [0.15, 0.2) is 0 Å². The molecule has 0 bridgehead atoms. The highest BCUT2D eigenvalue weighted by Gasteiger charge is 2.44. The Morgan fingerprint density at radius 1 is 1.10 bits per heavy atom. The molecule has 1 saturated carbocycles. The van der Waals surface area contributed by atoms with E-state index in [2.05, 4.69) is 49.1 Å². The number of aliphatic carboxylic acids is 1. The first-order chi connectivity index (χ1) is 14.7. The van der Waals surface area contributed by atoms with Gasteiger partial charge in [-0.1, -0.05) is 38.1 Å². The molecule has 1 N–H and O–H groups in total. The van der Waals surface area contributed by atoms with Crippen molar-refractivity contribution in [1.29, 1.82) is 5.26 Å². The van der Waals surface area contributed by atoms with Crippen LogP contribution in [0.1, 0.15) is 62.0 Å². The fraction of sp³-hybridized carbons (Fsp3) is 0.500. The van der Waals surface area contributed by atoms with E-state index < -0.39 is 5.97 Å². The zero-order valence-corrected chi connectivity index (χ0v) is 19.0. The van der Waals surface area contributed by atoms with Crippen LogP contribution in [-0.2, 0) is 16.6 Å². The van der Waals surface area contributed by atoms with Crippen LogP contribution in [0.5, 0.6) is 0 Å². The molecule has 2 heterocycles. The predicted molar refractivity (Wildman–Crippen MR) is 122 cm³/mol. The maximum absolute atomic E-state index is 11.7. The molecule has 1 aliphatic carbocycles. The Hall–Kier alpha value is -2.87. The maximum Gasteiger partial charge on any atom is 0.307 e. The summed E-state index contributed by atoms with van der Waals surface area (Å²) in [5.41, 5.74) is 6.67. The molecule has 1 aliphatic heterocycles. The molecule has 2 aromatic rings. The number of piperidine rings is 1. The molecule has 0 amide bonds. The van der Waals surface area contributed by atoms with Crippen LogP contribution in [0.2, 0.25) is 0 Å². The van der Waals surface area contributed by atoms with Crippen molar-refractivity contribution < 1.29 is 9.90 Å². The van der Waals surface area contributed by atoms with E-state index in [1.54, 1.807) is 0 Å². The average molecular weight is 418 g/mol. The number of rotatable bonds is 5. The van der Waals surface area contributed by atoms with Crippen molar-refractivity contribution in [3.63, 3.8) is 0 Å². The van der Waals surface area contributed by atoms with Crippen molar-refractivity contribution >= 4 is 11.7 Å². The van der Waals surface area contributed by atoms with Crippen molar-refractivity contribution in [3.8, 4) is 17.2 Å². The van der Waals surface area contributed by atoms with Gasteiger partial charge in [0.25, 0.3) is 0 Å². The molecule has 0 unspecified atom stereocenters. The Kier molecular flexibility index (Phi) is 5.29. The normalized spacial score (nSPS) is 19.0. The number of nitrogens with zero attached hydrogens (tertiary/aromatic N) is 3. The highest BCUT2D eigenvalue weighted by Crippen LogP contribution is 2.48. The van der Waals surface area contributed by atoms with E-state index in [-0.39, 0.29) is 11.8 Å². The predicted octanol–water partition coefficient (Wildman–Crippen LogP) is 5.17. The van der Waals surface area contributed by atoms with Crippen LogP contribution >= 0.6 is 0 Å². The van der Waals surface area contributed by atoms with Crippen LogP contribution in [-0.4, -0.2) is 29.1 Å². The van der Waals surface area contributed by atoms with Crippen molar-refractivity contribution in [2.24, 2.45) is 5.41 Å². The minimum atomic E-state index is -0.835. The van der Waals surface area contributed by atoms with Crippen LogP contribution in [0.15, 0.2) is 24.3 Å². The second kappa shape index (κ2) is 7.67. The van der Waals surface area contributed by atoms with Crippen LogP contribution in [0.25, 0.3) is 11.1 Å². The van der Waals surface area contributed by atoms with E-state index in [0.717, 1.165) is 78.1 Å². The molecular weight excluding hydrogens is 386 g/mol. The number of aromatic nitrogens is 1. The summed E-state index contributed by atoms with van der Waals surface area (Å²) in [5.74, 6) is -0.835. The van der Waals surface area contributed by atoms with Crippen molar-refractivity contribution in [2.45, 2.75) is 65.2 Å². The van der Waals surface area contributed by atoms with Crippen molar-refractivity contribution in [3.05, 3.63) is 46.8 Å². The summed E-state index contributed by atoms with van der Waals surface area (Å²) >= 11 is 0. The molecule has 1 aromatic heterocycles. The first-order valence-electron chi connectivity index (χ1n) is 11.1. The van der Waals surface area contributed by atoms with Gasteiger partial charge >= 0.3 is 5.97 Å². The number of carboxylic acids is 1. The fourth-order valence-electron chi connectivity index (χ4n) is 4.81. The summed E-state index contributed by atoms with van der Waals surface area (Å²) in [6.07, 6.45) is 3.96. The lowest BCUT2D eigenvalue weighted by Crippen LogP contribution is -2.38. The Balaban J connectivity index is 1.83. The lowest BCUT2D eigenvalue weighted by atomic mass is 9.82. The monoisotopic (exact) mass is 417 g/mol. The molecule has 5 heteroatoms. The van der Waals surface area contributed by atoms with Gasteiger partial charge in [0.05, 0.1) is 23.6 Å². The van der Waals surface area contributed by atoms with E-state index >= 15 is 0 Å². The molecule has 0 atom stereocenters. The Morgan fingerprint density at radius 2 is 1.71 bits per heavy atom. The van der Waals surface area contributed by atoms with E-state index in [1.807, 2.05) is 13.8 Å². The standard InChI is InChI=1S/C26H31N3O2/c1-17-21(15-22(30)31)24(29-13-11-25(3,4)12-14-29)23(18(2)28-17)19-5-7-20(8-6-19)26(16-27)9-10-26/h5-8H,9-15H2,1-4H3,(H,30,31). The van der Waals surface area contributed by atoms with Crippen molar-refractivity contribution in [1.82, 2.24) is 4.98 Å². The topological polar surface area (TPSA) is 77.2 Å². The van der Waals surface area contributed by atoms with Gasteiger partial charge in [0.1, 0.15) is 0 Å². The zero-order valence-electron chi connectivity index (χ0n) is 19.0. The summed E-state index contributed by atoms with van der Waals surface area (Å²) in [6, 6.07) is 10.7. The lowest BCUT2D eigenvalue weighted by Gasteiger charge is -2.40. The van der Waals surface area contributed by atoms with Gasteiger partial charge in [0.2, 0.25) is 0 Å². The number of hydrogen-bond acceptors (Lipinski definition) is 4. The van der Waals surface area contributed by atoms with Gasteiger partial charge in [-0.05, 0) is 56.1 Å². The van der Waals surface area contributed by atoms with E-state index in [4.69, 9.17) is 4.98 Å². The van der Waals surface area contributed by atoms with Crippen LogP contribution < -0.4 is 4.90 Å². The van der Waals surface area contributed by atoms with E-state index in [9.17, 15) is 15.2 Å². The third-order valence-corrected chi connectivity index (χ3v) is 7.11. The third-order valence-electron chi connectivity index (χ3n) is 7.11. The van der Waals surface area contributed by atoms with Crippen LogP contribution in [0.3, 0.4) is 0 Å². The molecule has 4 rings (SSSR count). The highest BCUT2D eigenvalue weighted by molar-refractivity contribution is 5.86. The Morgan fingerprint density at radius 3 is 2.23 bits per heavy atom. The zero-order chi connectivity index (χ0) is 22.4. The second-order valence-electron chi connectivity index (χ2n) is 9.98. The first kappa shape index (κ1) is 21.4. The van der Waals surface area contributed by atoms with Crippen LogP contribution in [0.4, 0.5) is 5.69 Å². The number of carboxylic acid groups (broad SMARTS) is 1. The maximum atomic E-state index is 11.7. The number of aryl methyl sites for hydroxylation is 2. The Bertz CT molecular complexity index is 1050. The molecule has 31 heavy (non-hydrogen) atoms. The molecular formula is C26H31N3O2. The Labute approximate surface area is 184 Å². The average Bonchev–Trinajstić information content (AvgIpc) is 3.51. The fourth-order valence-corrected chi connectivity index (χ4v) is 4.81. The number of nitriles is 1. The number of anilines is 1. The SMILES string of the molecule is Cc1nc(C)c(-c2ccc(C3(C#N)CC3)cc2)c(N2CCC(C)(C)CC2)c1CC(=O)O. The van der Waals surface area contributed by atoms with Crippen LogP contribution in [0, 0.1) is 30.6 Å². The van der Waals surface area contributed by atoms with Gasteiger partial charge in [-0.15, -0.1) is 0 Å². The third kappa shape index (κ3) is 4.04. The number of hydrogen-bond donors (Lipinski definition) is 1. The quantitative estimate of drug-likeness (QED) is 0.726. The van der Waals surface area contributed by atoms with Gasteiger partial charge < -0.3 is 10.0 Å². The summed E-state index contributed by atoms with van der Waals surface area (Å²) in [6.45, 7) is 10.3. The largest absolute Gasteiger partial charge is 0.481 e. The number of benzene rings is 1. The number of pyridine rings is 1. The van der Waals surface area contributed by atoms with Gasteiger partial charge in [-0.3, -0.25) is 9.78 Å². The summed E-state index contributed by atoms with van der Waals surface area (Å²) in [7, 11) is 0. The molecule has 1 saturated heterocycles. The van der Waals surface area contributed by atoms with E-state index in [1.165, 1.54) is 0 Å². The summed E-state index contributed by atoms with van der Waals surface area (Å²) < 4.78 is 0. The molecule has 5 nitrogen and oxygen atoms in total. The smallest absolute Gasteiger partial charge is 0.307 e. The van der Waals surface area contributed by atoms with E-state index in [0.29, 0.717) is 5.41 Å². The minimum absolute atomic E-state index is 0.0308. The molecule has 2 fully saturated rings. The molecule has 1 aromatic carbocycles. The molecule has 162 valence electrons. The molecule has 2 aliphatic rings. The van der Waals surface area contributed by atoms with Gasteiger partial charge in [0, 0.05) is 35.6 Å². The van der Waals surface area contributed by atoms with Gasteiger partial charge in [-0.2, -0.15) is 5.26 Å². The lowest BCUT2D eigenvalue weighted by molar-refractivity contribution is -0.136. The van der Waals surface area contributed by atoms with Gasteiger partial charge in [-0.25, -0.2) is 0 Å². The second-order valence-corrected chi connectivity index (χ2v) is 9.98. The number of carbonyl (C=O) groups is 1. The molecule has 0 radical (unpaired) electrons.